The quantitative estimate of drug-likeness (QED) is 0.355. The molecule has 4 atom stereocenters. The van der Waals surface area contributed by atoms with Crippen LogP contribution in [0.4, 0.5) is 0 Å². The summed E-state index contributed by atoms with van der Waals surface area (Å²) >= 11 is 0. The molecule has 4 heteroatoms. The van der Waals surface area contributed by atoms with Crippen molar-refractivity contribution in [3.8, 4) is 0 Å². The highest BCUT2D eigenvalue weighted by molar-refractivity contribution is 5.15. The first kappa shape index (κ1) is 23.4. The van der Waals surface area contributed by atoms with Crippen LogP contribution in [-0.4, -0.2) is 31.0 Å². The lowest BCUT2D eigenvalue weighted by Crippen LogP contribution is -2.55. The van der Waals surface area contributed by atoms with Gasteiger partial charge in [0.25, 0.3) is 0 Å². The summed E-state index contributed by atoms with van der Waals surface area (Å²) in [4.78, 5) is 0. The topological polar surface area (TPSA) is 36.9 Å². The highest BCUT2D eigenvalue weighted by Crippen LogP contribution is 2.28. The Morgan fingerprint density at radius 2 is 1.12 bits per heavy atom. The third-order valence-corrected chi connectivity index (χ3v) is 5.81. The van der Waals surface area contributed by atoms with E-state index in [2.05, 4.69) is 43.0 Å². The Morgan fingerprint density at radius 1 is 0.667 bits per heavy atom. The molecule has 4 rings (SSSR count). The van der Waals surface area contributed by atoms with Crippen LogP contribution in [0.15, 0.2) is 104 Å². The van der Waals surface area contributed by atoms with Crippen molar-refractivity contribution in [2.24, 2.45) is 0 Å². The zero-order valence-electron chi connectivity index (χ0n) is 18.9. The molecule has 4 nitrogen and oxygen atoms in total. The minimum Gasteiger partial charge on any atom is -0.372 e. The smallest absolute Gasteiger partial charge is 0.115 e. The van der Waals surface area contributed by atoms with Gasteiger partial charge in [-0.2, -0.15) is 0 Å². The lowest BCUT2D eigenvalue weighted by molar-refractivity contribution is -0.237. The van der Waals surface area contributed by atoms with Crippen molar-refractivity contribution in [1.82, 2.24) is 0 Å². The molecule has 0 saturated carbocycles. The van der Waals surface area contributed by atoms with Crippen molar-refractivity contribution in [1.29, 1.82) is 0 Å². The number of benzene rings is 3. The van der Waals surface area contributed by atoms with Gasteiger partial charge in [0.15, 0.2) is 0 Å². The zero-order chi connectivity index (χ0) is 22.7. The lowest BCUT2D eigenvalue weighted by Gasteiger charge is -2.42. The van der Waals surface area contributed by atoms with Gasteiger partial charge in [-0.25, -0.2) is 0 Å². The molecule has 1 aliphatic heterocycles. The van der Waals surface area contributed by atoms with E-state index in [1.165, 1.54) is 0 Å². The molecular formula is C29H32O4. The Balaban J connectivity index is 1.51. The molecule has 1 saturated heterocycles. The highest BCUT2D eigenvalue weighted by Gasteiger charge is 2.42. The van der Waals surface area contributed by atoms with Crippen LogP contribution in [0, 0.1) is 0 Å². The molecule has 1 fully saturated rings. The fraction of sp³-hybridized carbons (Fsp3) is 0.310. The third-order valence-electron chi connectivity index (χ3n) is 5.81. The van der Waals surface area contributed by atoms with E-state index < -0.39 is 0 Å². The molecule has 0 aromatic heterocycles. The highest BCUT2D eigenvalue weighted by atomic mass is 16.6. The second kappa shape index (κ2) is 12.5. The molecule has 172 valence electrons. The standard InChI is InChI=1S/C29H32O4/c1-2-12-26-28(32-20-24-15-8-4-9-16-24)29(33-21-25-17-10-5-11-18-25)27(22-31-26)30-19-23-13-6-3-7-14-23/h2-11,13-18,26-29H,1,12,19-22H2/t26-,27+,28+,29+/m0/s1. The maximum atomic E-state index is 6.48. The molecule has 0 aliphatic carbocycles. The molecule has 3 aromatic carbocycles. The van der Waals surface area contributed by atoms with Crippen LogP contribution in [0.1, 0.15) is 23.1 Å². The third kappa shape index (κ3) is 6.86. The molecule has 1 heterocycles. The van der Waals surface area contributed by atoms with Crippen molar-refractivity contribution in [3.63, 3.8) is 0 Å². The Bertz CT molecular complexity index is 945. The van der Waals surface area contributed by atoms with E-state index in [4.69, 9.17) is 18.9 Å². The van der Waals surface area contributed by atoms with Crippen LogP contribution in [-0.2, 0) is 38.8 Å². The van der Waals surface area contributed by atoms with Crippen molar-refractivity contribution in [2.45, 2.75) is 50.7 Å². The second-order valence-corrected chi connectivity index (χ2v) is 8.25. The minimum atomic E-state index is -0.276. The zero-order valence-corrected chi connectivity index (χ0v) is 18.9. The van der Waals surface area contributed by atoms with Crippen molar-refractivity contribution in [2.75, 3.05) is 6.61 Å². The van der Waals surface area contributed by atoms with Gasteiger partial charge in [0.1, 0.15) is 18.3 Å². The van der Waals surface area contributed by atoms with Gasteiger partial charge in [-0.1, -0.05) is 97.1 Å². The number of hydrogen-bond donors (Lipinski definition) is 0. The summed E-state index contributed by atoms with van der Waals surface area (Å²) in [5, 5.41) is 0. The van der Waals surface area contributed by atoms with Crippen LogP contribution in [0.3, 0.4) is 0 Å². The Labute approximate surface area is 196 Å². The van der Waals surface area contributed by atoms with Crippen LogP contribution in [0.5, 0.6) is 0 Å². The molecule has 33 heavy (non-hydrogen) atoms. The molecule has 0 amide bonds. The average molecular weight is 445 g/mol. The van der Waals surface area contributed by atoms with Gasteiger partial charge in [0.05, 0.1) is 32.5 Å². The predicted molar refractivity (Wildman–Crippen MR) is 130 cm³/mol. The normalized spacial score (nSPS) is 22.7. The SMILES string of the molecule is C=CC[C@@H]1OC[C@@H](OCc2ccccc2)[C@@H](OCc2ccccc2)[C@@H]1OCc1ccccc1. The van der Waals surface area contributed by atoms with Crippen LogP contribution < -0.4 is 0 Å². The Hall–Kier alpha value is -2.76. The number of ether oxygens (including phenoxy) is 4. The summed E-state index contributed by atoms with van der Waals surface area (Å²) in [6.45, 7) is 5.84. The van der Waals surface area contributed by atoms with Crippen LogP contribution >= 0.6 is 0 Å². The molecule has 0 bridgehead atoms. The summed E-state index contributed by atoms with van der Waals surface area (Å²) in [6.07, 6.45) is 1.65. The lowest BCUT2D eigenvalue weighted by atomic mass is 9.96. The minimum absolute atomic E-state index is 0.136. The van der Waals surface area contributed by atoms with Gasteiger partial charge in [0.2, 0.25) is 0 Å². The van der Waals surface area contributed by atoms with E-state index in [1.807, 2.05) is 60.7 Å². The van der Waals surface area contributed by atoms with E-state index >= 15 is 0 Å². The van der Waals surface area contributed by atoms with E-state index in [0.717, 1.165) is 16.7 Å². The van der Waals surface area contributed by atoms with Gasteiger partial charge < -0.3 is 18.9 Å². The molecule has 3 aromatic rings. The van der Waals surface area contributed by atoms with E-state index in [0.29, 0.717) is 32.8 Å². The van der Waals surface area contributed by atoms with E-state index in [9.17, 15) is 0 Å². The van der Waals surface area contributed by atoms with Gasteiger partial charge in [-0.05, 0) is 23.1 Å². The molecule has 1 aliphatic rings. The van der Waals surface area contributed by atoms with Gasteiger partial charge in [0, 0.05) is 0 Å². The second-order valence-electron chi connectivity index (χ2n) is 8.25. The number of hydrogen-bond acceptors (Lipinski definition) is 4. The maximum Gasteiger partial charge on any atom is 0.115 e. The average Bonchev–Trinajstić information content (AvgIpc) is 2.88. The summed E-state index contributed by atoms with van der Waals surface area (Å²) in [7, 11) is 0. The van der Waals surface area contributed by atoms with Gasteiger partial charge in [-0.3, -0.25) is 0 Å². The van der Waals surface area contributed by atoms with Gasteiger partial charge >= 0.3 is 0 Å². The Kier molecular flexibility index (Phi) is 8.84. The van der Waals surface area contributed by atoms with Crippen molar-refractivity contribution in [3.05, 3.63) is 120 Å². The van der Waals surface area contributed by atoms with Crippen molar-refractivity contribution < 1.29 is 18.9 Å². The fourth-order valence-corrected chi connectivity index (χ4v) is 4.06. The monoisotopic (exact) mass is 444 g/mol. The first-order valence-corrected chi connectivity index (χ1v) is 11.5. The summed E-state index contributed by atoms with van der Waals surface area (Å²) in [5.41, 5.74) is 3.35. The van der Waals surface area contributed by atoms with Crippen molar-refractivity contribution >= 4 is 0 Å². The van der Waals surface area contributed by atoms with E-state index in [-0.39, 0.29) is 24.4 Å². The molecule has 0 unspecified atom stereocenters. The number of rotatable bonds is 11. The molecular weight excluding hydrogens is 412 g/mol. The van der Waals surface area contributed by atoms with Crippen LogP contribution in [0.2, 0.25) is 0 Å². The molecule has 0 spiro atoms. The largest absolute Gasteiger partial charge is 0.372 e. The summed E-state index contributed by atoms with van der Waals surface area (Å²) in [6, 6.07) is 30.5. The Morgan fingerprint density at radius 3 is 1.61 bits per heavy atom. The molecule has 0 N–H and O–H groups in total. The fourth-order valence-electron chi connectivity index (χ4n) is 4.06. The molecule has 0 radical (unpaired) electrons. The predicted octanol–water partition coefficient (Wildman–Crippen LogP) is 5.72. The first-order valence-electron chi connectivity index (χ1n) is 11.5. The first-order chi connectivity index (χ1) is 16.3. The summed E-state index contributed by atoms with van der Waals surface area (Å²) < 4.78 is 25.4. The summed E-state index contributed by atoms with van der Waals surface area (Å²) in [5.74, 6) is 0. The van der Waals surface area contributed by atoms with Crippen LogP contribution in [0.25, 0.3) is 0 Å². The van der Waals surface area contributed by atoms with Gasteiger partial charge in [-0.15, -0.1) is 6.58 Å². The van der Waals surface area contributed by atoms with E-state index in [1.54, 1.807) is 0 Å². The maximum absolute atomic E-state index is 6.48.